The van der Waals surface area contributed by atoms with Crippen molar-refractivity contribution in [2.45, 2.75) is 25.3 Å². The average molecular weight is 249 g/mol. The lowest BCUT2D eigenvalue weighted by Crippen LogP contribution is -3.14. The molecule has 2 unspecified atom stereocenters. The Bertz CT molecular complexity index is 381. The number of rotatable bonds is 5. The van der Waals surface area contributed by atoms with Crippen molar-refractivity contribution >= 4 is 11.6 Å². The first-order valence-electron chi connectivity index (χ1n) is 6.62. The molecule has 2 atom stereocenters. The highest BCUT2D eigenvalue weighted by Crippen LogP contribution is 2.08. The molecule has 0 bridgehead atoms. The Labute approximate surface area is 108 Å². The smallest absolute Gasteiger partial charge is 0.282 e. The Morgan fingerprint density at radius 3 is 2.89 bits per heavy atom. The first-order valence-corrected chi connectivity index (χ1v) is 6.62. The summed E-state index contributed by atoms with van der Waals surface area (Å²) in [6.07, 6.45) is 2.80. The zero-order valence-electron chi connectivity index (χ0n) is 10.6. The molecule has 0 aromatic heterocycles. The fourth-order valence-corrected chi connectivity index (χ4v) is 2.58. The Kier molecular flexibility index (Phi) is 4.73. The van der Waals surface area contributed by atoms with Crippen LogP contribution in [0, 0.1) is 0 Å². The van der Waals surface area contributed by atoms with E-state index in [-0.39, 0.29) is 18.6 Å². The van der Waals surface area contributed by atoms with Gasteiger partial charge in [-0.25, -0.2) is 0 Å². The lowest BCUT2D eigenvalue weighted by Gasteiger charge is -2.20. The molecule has 1 fully saturated rings. The summed E-state index contributed by atoms with van der Waals surface area (Å²) in [5, 5.41) is 11.8. The predicted molar refractivity (Wildman–Crippen MR) is 70.5 cm³/mol. The van der Waals surface area contributed by atoms with E-state index >= 15 is 0 Å². The maximum Gasteiger partial charge on any atom is 0.282 e. The van der Waals surface area contributed by atoms with Crippen LogP contribution in [0.3, 0.4) is 0 Å². The molecule has 18 heavy (non-hydrogen) atoms. The maximum atomic E-state index is 12.2. The minimum absolute atomic E-state index is 0.0387. The van der Waals surface area contributed by atoms with Crippen molar-refractivity contribution in [3.8, 4) is 0 Å². The molecule has 1 amide bonds. The monoisotopic (exact) mass is 249 g/mol. The van der Waals surface area contributed by atoms with Crippen LogP contribution in [0.1, 0.15) is 19.3 Å². The fraction of sp³-hybridized carbons (Fsp3) is 0.500. The van der Waals surface area contributed by atoms with Gasteiger partial charge in [0.1, 0.15) is 0 Å². The molecule has 4 nitrogen and oxygen atoms in total. The van der Waals surface area contributed by atoms with E-state index < -0.39 is 0 Å². The molecule has 1 aromatic rings. The van der Waals surface area contributed by atoms with Crippen molar-refractivity contribution in [3.05, 3.63) is 30.3 Å². The SMILES string of the molecule is O=C(Nc1ccccc1)C1CCC[NH+]1CCCO. The molecule has 2 rings (SSSR count). The van der Waals surface area contributed by atoms with Crippen molar-refractivity contribution in [1.29, 1.82) is 0 Å². The maximum absolute atomic E-state index is 12.2. The summed E-state index contributed by atoms with van der Waals surface area (Å²) in [5.41, 5.74) is 0.857. The van der Waals surface area contributed by atoms with Crippen molar-refractivity contribution in [1.82, 2.24) is 0 Å². The molecule has 3 N–H and O–H groups in total. The van der Waals surface area contributed by atoms with Crippen LogP contribution in [-0.4, -0.2) is 36.8 Å². The number of quaternary nitrogens is 1. The number of anilines is 1. The Morgan fingerprint density at radius 2 is 2.17 bits per heavy atom. The largest absolute Gasteiger partial charge is 0.396 e. The van der Waals surface area contributed by atoms with Crippen molar-refractivity contribution in [3.63, 3.8) is 0 Å². The summed E-state index contributed by atoms with van der Waals surface area (Å²) in [7, 11) is 0. The van der Waals surface area contributed by atoms with Crippen molar-refractivity contribution in [2.75, 3.05) is 25.0 Å². The first kappa shape index (κ1) is 13.1. The van der Waals surface area contributed by atoms with Crippen LogP contribution in [-0.2, 0) is 4.79 Å². The average Bonchev–Trinajstić information content (AvgIpc) is 2.86. The van der Waals surface area contributed by atoms with Crippen molar-refractivity contribution < 1.29 is 14.8 Å². The highest BCUT2D eigenvalue weighted by Gasteiger charge is 2.34. The highest BCUT2D eigenvalue weighted by molar-refractivity contribution is 5.93. The zero-order chi connectivity index (χ0) is 12.8. The number of aliphatic hydroxyl groups is 1. The normalized spacial score (nSPS) is 22.9. The van der Waals surface area contributed by atoms with Crippen LogP contribution in [0.4, 0.5) is 5.69 Å². The Hall–Kier alpha value is -1.39. The summed E-state index contributed by atoms with van der Waals surface area (Å²) < 4.78 is 0. The van der Waals surface area contributed by atoms with Crippen LogP contribution < -0.4 is 10.2 Å². The number of hydrogen-bond acceptors (Lipinski definition) is 2. The molecular formula is C14H21N2O2+. The standard InChI is InChI=1S/C14H20N2O2/c17-11-5-10-16-9-4-8-13(16)14(18)15-12-6-2-1-3-7-12/h1-3,6-7,13,17H,4-5,8-11H2,(H,15,18)/p+1. The van der Waals surface area contributed by atoms with Gasteiger partial charge in [0, 0.05) is 31.6 Å². The van der Waals surface area contributed by atoms with Gasteiger partial charge in [-0.15, -0.1) is 0 Å². The molecule has 0 radical (unpaired) electrons. The molecule has 1 aliphatic heterocycles. The number of para-hydroxylation sites is 1. The van der Waals surface area contributed by atoms with Gasteiger partial charge < -0.3 is 15.3 Å². The second-order valence-electron chi connectivity index (χ2n) is 4.79. The van der Waals surface area contributed by atoms with E-state index in [0.717, 1.165) is 38.0 Å². The topological polar surface area (TPSA) is 53.8 Å². The van der Waals surface area contributed by atoms with Crippen LogP contribution in [0.25, 0.3) is 0 Å². The van der Waals surface area contributed by atoms with E-state index in [1.807, 2.05) is 30.3 Å². The van der Waals surface area contributed by atoms with Crippen LogP contribution >= 0.6 is 0 Å². The van der Waals surface area contributed by atoms with Gasteiger partial charge in [0.15, 0.2) is 6.04 Å². The molecule has 0 saturated carbocycles. The van der Waals surface area contributed by atoms with E-state index in [1.165, 1.54) is 4.90 Å². The van der Waals surface area contributed by atoms with Gasteiger partial charge in [0.25, 0.3) is 5.91 Å². The van der Waals surface area contributed by atoms with E-state index in [9.17, 15) is 4.79 Å². The van der Waals surface area contributed by atoms with Gasteiger partial charge in [-0.2, -0.15) is 0 Å². The second-order valence-corrected chi connectivity index (χ2v) is 4.79. The number of aliphatic hydroxyl groups excluding tert-OH is 1. The first-order chi connectivity index (χ1) is 8.81. The lowest BCUT2D eigenvalue weighted by atomic mass is 10.2. The fourth-order valence-electron chi connectivity index (χ4n) is 2.58. The lowest BCUT2D eigenvalue weighted by molar-refractivity contribution is -0.903. The van der Waals surface area contributed by atoms with Crippen LogP contribution in [0.5, 0.6) is 0 Å². The van der Waals surface area contributed by atoms with Crippen LogP contribution in [0.2, 0.25) is 0 Å². The second kappa shape index (κ2) is 6.52. The molecule has 1 aliphatic rings. The molecule has 4 heteroatoms. The summed E-state index contributed by atoms with van der Waals surface area (Å²) >= 11 is 0. The number of likely N-dealkylation sites (tertiary alicyclic amines) is 1. The van der Waals surface area contributed by atoms with Gasteiger partial charge in [0.2, 0.25) is 0 Å². The summed E-state index contributed by atoms with van der Waals surface area (Å²) in [6, 6.07) is 9.61. The third-order valence-electron chi connectivity index (χ3n) is 3.50. The molecule has 1 aromatic carbocycles. The number of hydrogen-bond donors (Lipinski definition) is 3. The minimum Gasteiger partial charge on any atom is -0.396 e. The molecular weight excluding hydrogens is 228 g/mol. The number of carbonyl (C=O) groups is 1. The molecule has 1 saturated heterocycles. The van der Waals surface area contributed by atoms with Gasteiger partial charge in [-0.05, 0) is 12.1 Å². The van der Waals surface area contributed by atoms with Crippen molar-refractivity contribution in [2.24, 2.45) is 0 Å². The molecule has 98 valence electrons. The highest BCUT2D eigenvalue weighted by atomic mass is 16.3. The number of carbonyl (C=O) groups excluding carboxylic acids is 1. The molecule has 1 heterocycles. The Balaban J connectivity index is 1.91. The predicted octanol–water partition coefficient (Wildman–Crippen LogP) is 0.0548. The number of amides is 1. The van der Waals surface area contributed by atoms with E-state index in [2.05, 4.69) is 5.32 Å². The van der Waals surface area contributed by atoms with Gasteiger partial charge in [-0.1, -0.05) is 18.2 Å². The molecule has 0 aliphatic carbocycles. The van der Waals surface area contributed by atoms with Crippen LogP contribution in [0.15, 0.2) is 30.3 Å². The summed E-state index contributed by atoms with van der Waals surface area (Å²) in [4.78, 5) is 13.5. The summed E-state index contributed by atoms with van der Waals surface area (Å²) in [6.45, 7) is 2.12. The van der Waals surface area contributed by atoms with E-state index in [1.54, 1.807) is 0 Å². The quantitative estimate of drug-likeness (QED) is 0.691. The van der Waals surface area contributed by atoms with Gasteiger partial charge in [-0.3, -0.25) is 4.79 Å². The van der Waals surface area contributed by atoms with E-state index in [4.69, 9.17) is 5.11 Å². The summed E-state index contributed by atoms with van der Waals surface area (Å²) in [5.74, 6) is 0.103. The van der Waals surface area contributed by atoms with E-state index in [0.29, 0.717) is 0 Å². The van der Waals surface area contributed by atoms with Gasteiger partial charge in [0.05, 0.1) is 13.1 Å². The number of benzene rings is 1. The zero-order valence-corrected chi connectivity index (χ0v) is 10.6. The minimum atomic E-state index is 0.0387. The Morgan fingerprint density at radius 1 is 1.39 bits per heavy atom. The third-order valence-corrected chi connectivity index (χ3v) is 3.50. The molecule has 0 spiro atoms. The number of nitrogens with one attached hydrogen (secondary N) is 2. The van der Waals surface area contributed by atoms with Gasteiger partial charge >= 0.3 is 0 Å². The third kappa shape index (κ3) is 3.31.